The van der Waals surface area contributed by atoms with Crippen molar-refractivity contribution in [3.63, 3.8) is 0 Å². The third-order valence-corrected chi connectivity index (χ3v) is 3.24. The van der Waals surface area contributed by atoms with E-state index in [0.29, 0.717) is 22.5 Å². The summed E-state index contributed by atoms with van der Waals surface area (Å²) in [4.78, 5) is 0. The molecule has 0 unspecified atom stereocenters. The first-order valence-corrected chi connectivity index (χ1v) is 6.74. The minimum absolute atomic E-state index is 0.301. The Kier molecular flexibility index (Phi) is 3.62. The number of rotatable bonds is 4. The molecule has 3 rings (SSSR count). The van der Waals surface area contributed by atoms with E-state index in [1.165, 1.54) is 0 Å². The smallest absolute Gasteiger partial charge is 0.317 e. The Labute approximate surface area is 126 Å². The van der Waals surface area contributed by atoms with Crippen LogP contribution >= 0.6 is 11.6 Å². The van der Waals surface area contributed by atoms with Crippen molar-refractivity contribution < 1.29 is 9.26 Å². The van der Waals surface area contributed by atoms with Gasteiger partial charge in [0.1, 0.15) is 18.1 Å². The van der Waals surface area contributed by atoms with Crippen molar-refractivity contribution in [1.29, 1.82) is 0 Å². The Bertz CT molecular complexity index is 753. The predicted octanol–water partition coefficient (Wildman–Crippen LogP) is 3.26. The Morgan fingerprint density at radius 1 is 1.33 bits per heavy atom. The Hall–Kier alpha value is -2.34. The molecule has 0 N–H and O–H groups in total. The topological polar surface area (TPSA) is 66.0 Å². The van der Waals surface area contributed by atoms with Crippen molar-refractivity contribution in [1.82, 2.24) is 19.9 Å². The first-order chi connectivity index (χ1) is 10.1. The second-order valence-electron chi connectivity index (χ2n) is 4.61. The third kappa shape index (κ3) is 2.90. The highest BCUT2D eigenvalue weighted by molar-refractivity contribution is 6.30. The lowest BCUT2D eigenvalue weighted by Crippen LogP contribution is -2.06. The number of ether oxygens (including phenoxy) is 1. The first-order valence-electron chi connectivity index (χ1n) is 6.36. The number of aryl methyl sites for hydroxylation is 1. The van der Waals surface area contributed by atoms with Crippen molar-refractivity contribution in [2.75, 3.05) is 0 Å². The van der Waals surface area contributed by atoms with Crippen LogP contribution in [0.15, 0.2) is 41.2 Å². The maximum absolute atomic E-state index is 5.97. The fourth-order valence-corrected chi connectivity index (χ4v) is 2.05. The second-order valence-corrected chi connectivity index (χ2v) is 5.05. The molecular weight excluding hydrogens is 292 g/mol. The van der Waals surface area contributed by atoms with E-state index in [0.717, 1.165) is 5.56 Å². The molecule has 108 valence electrons. The van der Waals surface area contributed by atoms with Gasteiger partial charge in [-0.15, -0.1) is 5.10 Å². The molecule has 1 atom stereocenters. The molecule has 0 saturated carbocycles. The SMILES string of the molecule is C[C@@H](Oc1nncn1C)c1cc(-c2cccc(Cl)c2)on1. The lowest BCUT2D eigenvalue weighted by Gasteiger charge is -2.09. The van der Waals surface area contributed by atoms with Gasteiger partial charge in [-0.2, -0.15) is 0 Å². The monoisotopic (exact) mass is 304 g/mol. The molecule has 21 heavy (non-hydrogen) atoms. The predicted molar refractivity (Wildman–Crippen MR) is 77.0 cm³/mol. The molecule has 6 nitrogen and oxygen atoms in total. The number of aromatic nitrogens is 4. The number of hydrogen-bond donors (Lipinski definition) is 0. The molecule has 0 amide bonds. The standard InChI is InChI=1S/C14H13ClN4O2/c1-9(20-14-17-16-8-19(14)2)12-7-13(21-18-12)10-4-3-5-11(15)6-10/h3-9H,1-2H3/t9-/m1/s1. The Balaban J connectivity index is 1.80. The van der Waals surface area contributed by atoms with Crippen LogP contribution in [0.25, 0.3) is 11.3 Å². The highest BCUT2D eigenvalue weighted by atomic mass is 35.5. The molecule has 0 saturated heterocycles. The van der Waals surface area contributed by atoms with E-state index >= 15 is 0 Å². The van der Waals surface area contributed by atoms with Crippen LogP contribution in [-0.4, -0.2) is 19.9 Å². The van der Waals surface area contributed by atoms with Gasteiger partial charge in [0, 0.05) is 23.7 Å². The van der Waals surface area contributed by atoms with Gasteiger partial charge in [0.05, 0.1) is 0 Å². The Morgan fingerprint density at radius 2 is 2.19 bits per heavy atom. The number of nitrogens with zero attached hydrogens (tertiary/aromatic N) is 4. The van der Waals surface area contributed by atoms with Crippen LogP contribution in [0, 0.1) is 0 Å². The van der Waals surface area contributed by atoms with Gasteiger partial charge in [-0.3, -0.25) is 4.57 Å². The minimum Gasteiger partial charge on any atom is -0.454 e. The van der Waals surface area contributed by atoms with Crippen LogP contribution in [0.3, 0.4) is 0 Å². The van der Waals surface area contributed by atoms with Crippen molar-refractivity contribution in [2.24, 2.45) is 7.05 Å². The molecule has 0 spiro atoms. The molecule has 0 bridgehead atoms. The van der Waals surface area contributed by atoms with Crippen LogP contribution in [0.1, 0.15) is 18.7 Å². The largest absolute Gasteiger partial charge is 0.454 e. The number of benzene rings is 1. The molecule has 0 aliphatic carbocycles. The van der Waals surface area contributed by atoms with E-state index in [1.807, 2.05) is 44.3 Å². The molecular formula is C14H13ClN4O2. The molecule has 7 heteroatoms. The summed E-state index contributed by atoms with van der Waals surface area (Å²) in [5.74, 6) is 0.640. The highest BCUT2D eigenvalue weighted by Crippen LogP contribution is 2.26. The molecule has 0 aliphatic rings. The van der Waals surface area contributed by atoms with Gasteiger partial charge in [-0.1, -0.05) is 34.0 Å². The molecule has 2 aromatic heterocycles. The van der Waals surface area contributed by atoms with Gasteiger partial charge < -0.3 is 9.26 Å². The van der Waals surface area contributed by atoms with Gasteiger partial charge in [-0.25, -0.2) is 0 Å². The van der Waals surface area contributed by atoms with E-state index in [9.17, 15) is 0 Å². The summed E-state index contributed by atoms with van der Waals surface area (Å²) in [6.07, 6.45) is 1.27. The van der Waals surface area contributed by atoms with Crippen LogP contribution in [0.4, 0.5) is 0 Å². The third-order valence-electron chi connectivity index (χ3n) is 3.01. The number of halogens is 1. The minimum atomic E-state index is -0.301. The maximum atomic E-state index is 5.97. The fourth-order valence-electron chi connectivity index (χ4n) is 1.86. The highest BCUT2D eigenvalue weighted by Gasteiger charge is 2.16. The summed E-state index contributed by atoms with van der Waals surface area (Å²) >= 11 is 5.97. The van der Waals surface area contributed by atoms with Gasteiger partial charge in [0.25, 0.3) is 0 Å². The van der Waals surface area contributed by atoms with Gasteiger partial charge in [0.2, 0.25) is 0 Å². The van der Waals surface area contributed by atoms with Crippen molar-refractivity contribution >= 4 is 11.6 Å². The molecule has 0 aliphatic heterocycles. The maximum Gasteiger partial charge on any atom is 0.317 e. The van der Waals surface area contributed by atoms with Crippen molar-refractivity contribution in [3.05, 3.63) is 47.4 Å². The fraction of sp³-hybridized carbons (Fsp3) is 0.214. The zero-order chi connectivity index (χ0) is 14.8. The second kappa shape index (κ2) is 5.57. The molecule has 0 fully saturated rings. The summed E-state index contributed by atoms with van der Waals surface area (Å²) < 4.78 is 12.7. The zero-order valence-electron chi connectivity index (χ0n) is 11.5. The zero-order valence-corrected chi connectivity index (χ0v) is 12.3. The van der Waals surface area contributed by atoms with Gasteiger partial charge in [0.15, 0.2) is 5.76 Å². The van der Waals surface area contributed by atoms with E-state index in [2.05, 4.69) is 15.4 Å². The van der Waals surface area contributed by atoms with E-state index in [1.54, 1.807) is 10.9 Å². The van der Waals surface area contributed by atoms with Crippen LogP contribution in [-0.2, 0) is 7.05 Å². The summed E-state index contributed by atoms with van der Waals surface area (Å²) in [5, 5.41) is 12.3. The summed E-state index contributed by atoms with van der Waals surface area (Å²) in [6, 6.07) is 9.65. The summed E-state index contributed by atoms with van der Waals surface area (Å²) in [6.45, 7) is 1.87. The van der Waals surface area contributed by atoms with Crippen molar-refractivity contribution in [2.45, 2.75) is 13.0 Å². The summed E-state index contributed by atoms with van der Waals surface area (Å²) in [5.41, 5.74) is 1.54. The average Bonchev–Trinajstić information content (AvgIpc) is 3.09. The normalized spacial score (nSPS) is 12.3. The lowest BCUT2D eigenvalue weighted by atomic mass is 10.1. The lowest BCUT2D eigenvalue weighted by molar-refractivity contribution is 0.190. The van der Waals surface area contributed by atoms with Crippen LogP contribution < -0.4 is 4.74 Å². The van der Waals surface area contributed by atoms with E-state index in [4.69, 9.17) is 20.9 Å². The van der Waals surface area contributed by atoms with E-state index < -0.39 is 0 Å². The molecule has 3 aromatic rings. The molecule has 0 radical (unpaired) electrons. The molecule has 2 heterocycles. The quantitative estimate of drug-likeness (QED) is 0.740. The average molecular weight is 305 g/mol. The van der Waals surface area contributed by atoms with Crippen LogP contribution in [0.5, 0.6) is 6.01 Å². The number of hydrogen-bond acceptors (Lipinski definition) is 5. The van der Waals surface area contributed by atoms with Crippen molar-refractivity contribution in [3.8, 4) is 17.3 Å². The Morgan fingerprint density at radius 3 is 2.90 bits per heavy atom. The van der Waals surface area contributed by atoms with E-state index in [-0.39, 0.29) is 6.10 Å². The van der Waals surface area contributed by atoms with Gasteiger partial charge in [-0.05, 0) is 19.1 Å². The van der Waals surface area contributed by atoms with Gasteiger partial charge >= 0.3 is 6.01 Å². The first kappa shape index (κ1) is 13.6. The molecule has 1 aromatic carbocycles. The summed E-state index contributed by atoms with van der Waals surface area (Å²) in [7, 11) is 1.81. The van der Waals surface area contributed by atoms with Crippen LogP contribution in [0.2, 0.25) is 5.02 Å².